The van der Waals surface area contributed by atoms with Gasteiger partial charge in [-0.3, -0.25) is 19.8 Å². The van der Waals surface area contributed by atoms with Gasteiger partial charge in [0.25, 0.3) is 11.8 Å². The summed E-state index contributed by atoms with van der Waals surface area (Å²) in [6.45, 7) is 5.24. The van der Waals surface area contributed by atoms with E-state index in [9.17, 15) is 13.6 Å². The van der Waals surface area contributed by atoms with Crippen LogP contribution in [0.4, 0.5) is 20.3 Å². The number of carbonyl (C=O) groups excluding carboxylic acids is 1. The van der Waals surface area contributed by atoms with Gasteiger partial charge in [0.15, 0.2) is 5.69 Å². The summed E-state index contributed by atoms with van der Waals surface area (Å²) in [5, 5.41) is 10.7. The fourth-order valence-corrected chi connectivity index (χ4v) is 5.37. The van der Waals surface area contributed by atoms with Crippen LogP contribution in [0.3, 0.4) is 0 Å². The van der Waals surface area contributed by atoms with Crippen molar-refractivity contribution in [1.29, 1.82) is 0 Å². The molecule has 5 heterocycles. The van der Waals surface area contributed by atoms with Gasteiger partial charge in [0.2, 0.25) is 0 Å². The van der Waals surface area contributed by atoms with E-state index in [0.29, 0.717) is 16.9 Å². The summed E-state index contributed by atoms with van der Waals surface area (Å²) < 4.78 is 27.3. The maximum absolute atomic E-state index is 13.7. The Morgan fingerprint density at radius 2 is 1.95 bits per heavy atom. The van der Waals surface area contributed by atoms with Crippen LogP contribution in [0, 0.1) is 5.92 Å². The Bertz CT molecular complexity index is 1500. The van der Waals surface area contributed by atoms with Gasteiger partial charge >= 0.3 is 0 Å². The Labute approximate surface area is 225 Å². The summed E-state index contributed by atoms with van der Waals surface area (Å²) in [4.78, 5) is 25.9. The van der Waals surface area contributed by atoms with Crippen molar-refractivity contribution in [2.24, 2.45) is 5.92 Å². The zero-order valence-electron chi connectivity index (χ0n) is 21.8. The average molecular weight is 532 g/mol. The van der Waals surface area contributed by atoms with Crippen molar-refractivity contribution in [1.82, 2.24) is 25.1 Å². The first-order valence-electron chi connectivity index (χ1n) is 13.4. The Morgan fingerprint density at radius 1 is 1.10 bits per heavy atom. The van der Waals surface area contributed by atoms with Crippen LogP contribution in [0.25, 0.3) is 22.0 Å². The molecule has 10 heteroatoms. The summed E-state index contributed by atoms with van der Waals surface area (Å²) >= 11 is 0. The number of carbonyl (C=O) groups is 1. The van der Waals surface area contributed by atoms with Crippen molar-refractivity contribution >= 4 is 28.3 Å². The van der Waals surface area contributed by atoms with Crippen LogP contribution in [-0.4, -0.2) is 63.1 Å². The largest absolute Gasteiger partial charge is 0.350 e. The second-order valence-corrected chi connectivity index (χ2v) is 10.8. The molecule has 2 fully saturated rings. The van der Waals surface area contributed by atoms with E-state index in [0.717, 1.165) is 47.8 Å². The van der Waals surface area contributed by atoms with Crippen LogP contribution in [-0.2, 0) is 6.54 Å². The molecule has 8 nitrogen and oxygen atoms in total. The number of aromatic amines is 1. The average Bonchev–Trinajstić information content (AvgIpc) is 3.53. The Balaban J connectivity index is 1.20. The van der Waals surface area contributed by atoms with Gasteiger partial charge in [-0.1, -0.05) is 13.0 Å². The number of amides is 1. The molecule has 0 radical (unpaired) electrons. The van der Waals surface area contributed by atoms with E-state index in [1.54, 1.807) is 12.1 Å². The number of fused-ring (bicyclic) bond motifs is 1. The highest BCUT2D eigenvalue weighted by atomic mass is 19.3. The van der Waals surface area contributed by atoms with Crippen molar-refractivity contribution in [2.45, 2.75) is 38.7 Å². The molecule has 2 N–H and O–H groups in total. The van der Waals surface area contributed by atoms with Gasteiger partial charge in [0.1, 0.15) is 5.82 Å². The minimum absolute atomic E-state index is 0.206. The van der Waals surface area contributed by atoms with Crippen LogP contribution >= 0.6 is 0 Å². The number of alkyl halides is 2. The summed E-state index contributed by atoms with van der Waals surface area (Å²) in [6, 6.07) is 11.3. The minimum atomic E-state index is -2.73. The molecule has 0 bridgehead atoms. The number of hydrogen-bond donors (Lipinski definition) is 2. The highest BCUT2D eigenvalue weighted by Crippen LogP contribution is 2.31. The predicted molar refractivity (Wildman–Crippen MR) is 147 cm³/mol. The van der Waals surface area contributed by atoms with Crippen LogP contribution in [0.2, 0.25) is 0 Å². The van der Waals surface area contributed by atoms with Crippen molar-refractivity contribution in [3.8, 4) is 11.1 Å². The van der Waals surface area contributed by atoms with Crippen molar-refractivity contribution in [2.75, 3.05) is 36.4 Å². The summed E-state index contributed by atoms with van der Waals surface area (Å²) in [5.41, 5.74) is 4.55. The highest BCUT2D eigenvalue weighted by Gasteiger charge is 2.38. The molecule has 0 atom stereocenters. The number of pyridine rings is 2. The van der Waals surface area contributed by atoms with Crippen LogP contribution in [0.5, 0.6) is 0 Å². The SMILES string of the molecule is CC1CCN(Cc2cncc(-c3ccc4[nH]nc(C(=O)Nc5ccnc(N6CCC(F)(F)C6)c5)c4c3)c2)CC1. The molecule has 1 amide bonds. The van der Waals surface area contributed by atoms with Gasteiger partial charge in [-0.2, -0.15) is 5.10 Å². The lowest BCUT2D eigenvalue weighted by Crippen LogP contribution is -2.32. The number of halogens is 2. The number of likely N-dealkylation sites (tertiary alicyclic amines) is 1. The number of H-pyrrole nitrogens is 1. The topological polar surface area (TPSA) is 90.0 Å². The van der Waals surface area contributed by atoms with Gasteiger partial charge in [-0.15, -0.1) is 0 Å². The third kappa shape index (κ3) is 5.61. The predicted octanol–water partition coefficient (Wildman–Crippen LogP) is 5.35. The number of nitrogens with zero attached hydrogens (tertiary/aromatic N) is 5. The van der Waals surface area contributed by atoms with Gasteiger partial charge < -0.3 is 10.2 Å². The number of nitrogens with one attached hydrogen (secondary N) is 2. The molecule has 2 saturated heterocycles. The lowest BCUT2D eigenvalue weighted by Gasteiger charge is -2.30. The number of anilines is 2. The molecule has 1 aromatic carbocycles. The van der Waals surface area contributed by atoms with E-state index in [4.69, 9.17) is 0 Å². The molecular formula is C29H31F2N7O. The lowest BCUT2D eigenvalue weighted by atomic mass is 9.98. The summed E-state index contributed by atoms with van der Waals surface area (Å²) in [6.07, 6.45) is 7.51. The first kappa shape index (κ1) is 25.4. The molecular weight excluding hydrogens is 500 g/mol. The number of hydrogen-bond acceptors (Lipinski definition) is 6. The third-order valence-electron chi connectivity index (χ3n) is 7.69. The van der Waals surface area contributed by atoms with E-state index in [1.165, 1.54) is 23.9 Å². The molecule has 39 heavy (non-hydrogen) atoms. The third-order valence-corrected chi connectivity index (χ3v) is 7.69. The second-order valence-electron chi connectivity index (χ2n) is 10.8. The quantitative estimate of drug-likeness (QED) is 0.349. The molecule has 0 saturated carbocycles. The molecule has 2 aliphatic rings. The van der Waals surface area contributed by atoms with Crippen LogP contribution in [0.15, 0.2) is 55.0 Å². The second kappa shape index (κ2) is 10.3. The maximum Gasteiger partial charge on any atom is 0.276 e. The van der Waals surface area contributed by atoms with Crippen LogP contribution in [0.1, 0.15) is 42.2 Å². The molecule has 0 spiro atoms. The van der Waals surface area contributed by atoms with E-state index in [1.807, 2.05) is 30.6 Å². The molecule has 6 rings (SSSR count). The summed E-state index contributed by atoms with van der Waals surface area (Å²) in [7, 11) is 0. The Kier molecular flexibility index (Phi) is 6.72. The smallest absolute Gasteiger partial charge is 0.276 e. The van der Waals surface area contributed by atoms with E-state index >= 15 is 0 Å². The number of benzene rings is 1. The molecule has 0 aliphatic carbocycles. The normalized spacial score (nSPS) is 18.1. The zero-order chi connectivity index (χ0) is 27.0. The monoisotopic (exact) mass is 531 g/mol. The van der Waals surface area contributed by atoms with E-state index in [2.05, 4.69) is 43.4 Å². The first-order chi connectivity index (χ1) is 18.8. The molecule has 4 aromatic rings. The minimum Gasteiger partial charge on any atom is -0.350 e. The Hall–Kier alpha value is -3.92. The number of piperidine rings is 1. The molecule has 3 aromatic heterocycles. The van der Waals surface area contributed by atoms with Crippen molar-refractivity contribution < 1.29 is 13.6 Å². The molecule has 202 valence electrons. The maximum atomic E-state index is 13.7. The lowest BCUT2D eigenvalue weighted by molar-refractivity contribution is 0.0256. The van der Waals surface area contributed by atoms with E-state index in [-0.39, 0.29) is 25.2 Å². The van der Waals surface area contributed by atoms with Crippen LogP contribution < -0.4 is 10.2 Å². The molecule has 2 aliphatic heterocycles. The fraction of sp³-hybridized carbons (Fsp3) is 0.379. The first-order valence-corrected chi connectivity index (χ1v) is 13.4. The molecule has 0 unspecified atom stereocenters. The van der Waals surface area contributed by atoms with Gasteiger partial charge in [0.05, 0.1) is 12.1 Å². The van der Waals surface area contributed by atoms with Gasteiger partial charge in [0, 0.05) is 60.8 Å². The zero-order valence-corrected chi connectivity index (χ0v) is 21.8. The van der Waals surface area contributed by atoms with Crippen molar-refractivity contribution in [3.63, 3.8) is 0 Å². The standard InChI is InChI=1S/C29H31F2N7O/c1-19-5-9-37(10-6-19)17-20-12-22(16-32-15-20)21-2-3-25-24(13-21)27(36-35-25)28(39)34-23-4-8-33-26(14-23)38-11-7-29(30,31)18-38/h2-4,8,12-16,19H,5-7,9-11,17-18H2,1H3,(H,35,36)(H,33,34,39). The van der Waals surface area contributed by atoms with Crippen molar-refractivity contribution in [3.05, 3.63) is 66.2 Å². The van der Waals surface area contributed by atoms with Gasteiger partial charge in [-0.25, -0.2) is 13.8 Å². The summed E-state index contributed by atoms with van der Waals surface area (Å²) in [5.74, 6) is -1.93. The van der Waals surface area contributed by atoms with E-state index < -0.39 is 11.8 Å². The number of aromatic nitrogens is 4. The highest BCUT2D eigenvalue weighted by molar-refractivity contribution is 6.11. The Morgan fingerprint density at radius 3 is 2.74 bits per heavy atom. The van der Waals surface area contributed by atoms with Gasteiger partial charge in [-0.05, 0) is 67.2 Å². The fourth-order valence-electron chi connectivity index (χ4n) is 5.37. The number of rotatable bonds is 6.